The first-order valence-electron chi connectivity index (χ1n) is 8.45. The summed E-state index contributed by atoms with van der Waals surface area (Å²) in [4.78, 5) is 13.8. The molecule has 138 valence electrons. The highest BCUT2D eigenvalue weighted by Gasteiger charge is 2.22. The van der Waals surface area contributed by atoms with Crippen LogP contribution in [0.5, 0.6) is 0 Å². The molecule has 0 radical (unpaired) electrons. The molecule has 0 bridgehead atoms. The van der Waals surface area contributed by atoms with Gasteiger partial charge in [0.2, 0.25) is 0 Å². The number of aromatic nitrogens is 5. The fourth-order valence-electron chi connectivity index (χ4n) is 2.83. The number of nitrogens with zero attached hydrogens (tertiary/aromatic N) is 4. The van der Waals surface area contributed by atoms with Crippen molar-refractivity contribution in [1.82, 2.24) is 30.1 Å². The van der Waals surface area contributed by atoms with Crippen LogP contribution in [-0.2, 0) is 0 Å². The predicted octanol–water partition coefficient (Wildman–Crippen LogP) is 3.41. The fourth-order valence-corrected chi connectivity index (χ4v) is 3.99. The number of thiophene rings is 1. The van der Waals surface area contributed by atoms with Gasteiger partial charge in [0.15, 0.2) is 17.2 Å². The Kier molecular flexibility index (Phi) is 5.21. The Morgan fingerprint density at radius 3 is 3.07 bits per heavy atom. The molecule has 0 fully saturated rings. The molecule has 4 heterocycles. The molecule has 0 saturated heterocycles. The highest BCUT2D eigenvalue weighted by molar-refractivity contribution is 7.98. The van der Waals surface area contributed by atoms with Crippen molar-refractivity contribution in [3.05, 3.63) is 59.5 Å². The second-order valence-corrected chi connectivity index (χ2v) is 7.87. The van der Waals surface area contributed by atoms with Crippen LogP contribution >= 0.6 is 23.1 Å². The topological polar surface area (TPSA) is 88.0 Å². The van der Waals surface area contributed by atoms with Gasteiger partial charge >= 0.3 is 0 Å². The molecule has 4 rings (SSSR count). The molecule has 1 amide bonds. The monoisotopic (exact) mass is 398 g/mol. The minimum absolute atomic E-state index is 0.229. The highest BCUT2D eigenvalue weighted by Crippen LogP contribution is 2.24. The molecule has 2 N–H and O–H groups in total. The first-order chi connectivity index (χ1) is 13.3. The molecule has 0 aromatic carbocycles. The quantitative estimate of drug-likeness (QED) is 0.498. The zero-order valence-corrected chi connectivity index (χ0v) is 16.3. The van der Waals surface area contributed by atoms with E-state index in [1.165, 1.54) is 0 Å². The zero-order chi connectivity index (χ0) is 18.6. The molecule has 9 heteroatoms. The summed E-state index contributed by atoms with van der Waals surface area (Å²) < 4.78 is 1.91. The van der Waals surface area contributed by atoms with Crippen molar-refractivity contribution in [1.29, 1.82) is 0 Å². The number of amides is 1. The van der Waals surface area contributed by atoms with Gasteiger partial charge in [0, 0.05) is 6.20 Å². The third-order valence-corrected chi connectivity index (χ3v) is 5.71. The number of pyridine rings is 1. The predicted molar refractivity (Wildman–Crippen MR) is 108 cm³/mol. The Labute approximate surface area is 164 Å². The zero-order valence-electron chi connectivity index (χ0n) is 14.6. The largest absolute Gasteiger partial charge is 0.341 e. The Balaban J connectivity index is 1.57. The van der Waals surface area contributed by atoms with E-state index >= 15 is 0 Å². The Bertz CT molecular complexity index is 1040. The summed E-state index contributed by atoms with van der Waals surface area (Å²) in [6.45, 7) is 0. The number of thioether (sulfide) groups is 1. The summed E-state index contributed by atoms with van der Waals surface area (Å²) in [6.07, 6.45) is 4.71. The maximum absolute atomic E-state index is 12.8. The fraction of sp³-hybridized carbons (Fsp3) is 0.222. The van der Waals surface area contributed by atoms with Crippen LogP contribution in [0, 0.1) is 0 Å². The first kappa shape index (κ1) is 17.7. The molecule has 0 aliphatic carbocycles. The van der Waals surface area contributed by atoms with E-state index in [4.69, 9.17) is 0 Å². The first-order valence-corrected chi connectivity index (χ1v) is 10.7. The smallest absolute Gasteiger partial charge is 0.272 e. The third-order valence-electron chi connectivity index (χ3n) is 4.16. The van der Waals surface area contributed by atoms with Crippen LogP contribution in [0.3, 0.4) is 0 Å². The number of carbonyl (C=O) groups excluding carboxylic acids is 1. The number of rotatable bonds is 7. The SMILES string of the molecule is CSCC[C@@H](NC(=O)c1cc(-c2cccs2)[nH]n1)c1nnc2ccccn12. The molecule has 27 heavy (non-hydrogen) atoms. The number of fused-ring (bicyclic) bond motifs is 1. The standard InChI is InChI=1S/C18H18N6OS2/c1-26-10-7-12(17-23-22-16-6-2-3-8-24(16)17)19-18(25)14-11-13(20-21-14)15-5-4-9-27-15/h2-6,8-9,11-12H,7,10H2,1H3,(H,19,25)(H,20,21)/t12-/m1/s1. The average molecular weight is 399 g/mol. The van der Waals surface area contributed by atoms with Crippen LogP contribution in [0.15, 0.2) is 48.0 Å². The molecule has 0 aliphatic heterocycles. The van der Waals surface area contributed by atoms with E-state index in [1.807, 2.05) is 52.6 Å². The van der Waals surface area contributed by atoms with Gasteiger partial charge in [-0.1, -0.05) is 12.1 Å². The number of hydrogen-bond donors (Lipinski definition) is 2. The Morgan fingerprint density at radius 1 is 1.33 bits per heavy atom. The van der Waals surface area contributed by atoms with Gasteiger partial charge in [0.1, 0.15) is 0 Å². The summed E-state index contributed by atoms with van der Waals surface area (Å²) >= 11 is 3.33. The van der Waals surface area contributed by atoms with E-state index in [1.54, 1.807) is 29.2 Å². The molecular formula is C18H18N6OS2. The summed E-state index contributed by atoms with van der Waals surface area (Å²) in [5, 5.41) is 20.7. The molecule has 0 saturated carbocycles. The minimum atomic E-state index is -0.246. The van der Waals surface area contributed by atoms with Crippen LogP contribution in [0.2, 0.25) is 0 Å². The van der Waals surface area contributed by atoms with E-state index in [-0.39, 0.29) is 11.9 Å². The van der Waals surface area contributed by atoms with E-state index in [9.17, 15) is 4.79 Å². The minimum Gasteiger partial charge on any atom is -0.341 e. The van der Waals surface area contributed by atoms with Gasteiger partial charge in [0.05, 0.1) is 16.6 Å². The van der Waals surface area contributed by atoms with Crippen LogP contribution in [0.25, 0.3) is 16.2 Å². The lowest BCUT2D eigenvalue weighted by Gasteiger charge is -2.16. The van der Waals surface area contributed by atoms with Gasteiger partial charge in [-0.15, -0.1) is 21.5 Å². The van der Waals surface area contributed by atoms with Crippen molar-refractivity contribution in [3.8, 4) is 10.6 Å². The highest BCUT2D eigenvalue weighted by atomic mass is 32.2. The van der Waals surface area contributed by atoms with Crippen molar-refractivity contribution >= 4 is 34.7 Å². The summed E-state index contributed by atoms with van der Waals surface area (Å²) in [5.41, 5.74) is 1.96. The molecule has 7 nitrogen and oxygen atoms in total. The van der Waals surface area contributed by atoms with E-state index in [2.05, 4.69) is 25.7 Å². The Morgan fingerprint density at radius 2 is 2.26 bits per heavy atom. The molecule has 1 atom stereocenters. The van der Waals surface area contributed by atoms with Crippen LogP contribution in [0.4, 0.5) is 0 Å². The second kappa shape index (κ2) is 7.93. The van der Waals surface area contributed by atoms with E-state index < -0.39 is 0 Å². The maximum Gasteiger partial charge on any atom is 0.272 e. The summed E-state index contributed by atoms with van der Waals surface area (Å²) in [7, 11) is 0. The average Bonchev–Trinajstić information content (AvgIpc) is 3.44. The molecule has 0 aliphatic rings. The second-order valence-electron chi connectivity index (χ2n) is 5.94. The number of H-pyrrole nitrogens is 1. The maximum atomic E-state index is 12.8. The van der Waals surface area contributed by atoms with Crippen molar-refractivity contribution in [3.63, 3.8) is 0 Å². The van der Waals surface area contributed by atoms with E-state index in [0.717, 1.165) is 34.2 Å². The lowest BCUT2D eigenvalue weighted by atomic mass is 10.2. The molecule has 4 aromatic rings. The number of hydrogen-bond acceptors (Lipinski definition) is 6. The van der Waals surface area contributed by atoms with Crippen LogP contribution < -0.4 is 5.32 Å². The van der Waals surface area contributed by atoms with Gasteiger partial charge in [0.25, 0.3) is 5.91 Å². The van der Waals surface area contributed by atoms with E-state index in [0.29, 0.717) is 5.69 Å². The lowest BCUT2D eigenvalue weighted by Crippen LogP contribution is -2.30. The van der Waals surface area contributed by atoms with Gasteiger partial charge in [-0.25, -0.2) is 0 Å². The van der Waals surface area contributed by atoms with Crippen molar-refractivity contribution in [2.45, 2.75) is 12.5 Å². The lowest BCUT2D eigenvalue weighted by molar-refractivity contribution is 0.0928. The molecule has 4 aromatic heterocycles. The summed E-state index contributed by atoms with van der Waals surface area (Å²) in [6, 6.07) is 11.2. The molecular weight excluding hydrogens is 380 g/mol. The number of carbonyl (C=O) groups is 1. The van der Waals surface area contributed by atoms with Crippen LogP contribution in [0.1, 0.15) is 28.8 Å². The van der Waals surface area contributed by atoms with Crippen molar-refractivity contribution in [2.75, 3.05) is 12.0 Å². The van der Waals surface area contributed by atoms with Crippen molar-refractivity contribution in [2.24, 2.45) is 0 Å². The van der Waals surface area contributed by atoms with Crippen LogP contribution in [-0.4, -0.2) is 42.7 Å². The molecule has 0 spiro atoms. The van der Waals surface area contributed by atoms with Gasteiger partial charge in [-0.05, 0) is 48.1 Å². The Hall–Kier alpha value is -2.65. The van der Waals surface area contributed by atoms with Gasteiger partial charge < -0.3 is 5.32 Å². The molecule has 0 unspecified atom stereocenters. The number of aromatic amines is 1. The van der Waals surface area contributed by atoms with Gasteiger partial charge in [-0.2, -0.15) is 16.9 Å². The summed E-state index contributed by atoms with van der Waals surface area (Å²) in [5.74, 6) is 1.39. The van der Waals surface area contributed by atoms with Gasteiger partial charge in [-0.3, -0.25) is 14.3 Å². The number of nitrogens with one attached hydrogen (secondary N) is 2. The third kappa shape index (κ3) is 3.74. The van der Waals surface area contributed by atoms with Crippen molar-refractivity contribution < 1.29 is 4.79 Å². The normalized spacial score (nSPS) is 12.3.